The molecule has 7 nitrogen and oxygen atoms in total. The number of nitro groups is 1. The molecule has 0 atom stereocenters. The van der Waals surface area contributed by atoms with Crippen molar-refractivity contribution in [1.82, 2.24) is 5.32 Å². The lowest BCUT2D eigenvalue weighted by Gasteiger charge is -2.07. The third-order valence-electron chi connectivity index (χ3n) is 2.09. The van der Waals surface area contributed by atoms with Crippen molar-refractivity contribution in [2.75, 3.05) is 18.4 Å². The summed E-state index contributed by atoms with van der Waals surface area (Å²) in [6.45, 7) is 2.46. The molecule has 0 fully saturated rings. The zero-order valence-electron chi connectivity index (χ0n) is 9.40. The van der Waals surface area contributed by atoms with E-state index in [1.54, 1.807) is 19.1 Å². The number of nitro benzene ring substituents is 1. The number of carbonyl (C=O) groups is 1. The Hall–Kier alpha value is -2.31. The number of carbonyl (C=O) groups excluding carboxylic acids is 1. The molecule has 0 saturated heterocycles. The minimum absolute atomic E-state index is 0.0177. The summed E-state index contributed by atoms with van der Waals surface area (Å²) in [4.78, 5) is 20.7. The second-order valence-corrected chi connectivity index (χ2v) is 3.50. The van der Waals surface area contributed by atoms with Gasteiger partial charge in [-0.05, 0) is 18.6 Å². The molecule has 1 aromatic carbocycles. The first-order valence-corrected chi connectivity index (χ1v) is 5.03. The van der Waals surface area contributed by atoms with Crippen molar-refractivity contribution in [1.29, 1.82) is 0 Å². The highest BCUT2D eigenvalue weighted by atomic mass is 16.6. The fourth-order valence-electron chi connectivity index (χ4n) is 1.33. The second-order valence-electron chi connectivity index (χ2n) is 3.50. The van der Waals surface area contributed by atoms with E-state index in [0.717, 1.165) is 5.56 Å². The Morgan fingerprint density at radius 2 is 2.18 bits per heavy atom. The minimum atomic E-state index is -0.620. The molecule has 92 valence electrons. The Morgan fingerprint density at radius 1 is 1.47 bits per heavy atom. The van der Waals surface area contributed by atoms with Crippen molar-refractivity contribution in [3.05, 3.63) is 33.9 Å². The van der Waals surface area contributed by atoms with E-state index < -0.39 is 11.0 Å². The van der Waals surface area contributed by atoms with Crippen LogP contribution in [0.4, 0.5) is 16.2 Å². The molecule has 0 heterocycles. The molecule has 0 unspecified atom stereocenters. The van der Waals surface area contributed by atoms with Crippen LogP contribution >= 0.6 is 0 Å². The first kappa shape index (κ1) is 12.8. The van der Waals surface area contributed by atoms with Crippen molar-refractivity contribution in [2.24, 2.45) is 5.73 Å². The number of primary amides is 1. The Kier molecular flexibility index (Phi) is 4.27. The Balaban J connectivity index is 2.64. The van der Waals surface area contributed by atoms with Gasteiger partial charge in [0.2, 0.25) is 0 Å². The van der Waals surface area contributed by atoms with Crippen molar-refractivity contribution in [2.45, 2.75) is 6.92 Å². The molecule has 0 aromatic heterocycles. The number of urea groups is 1. The van der Waals surface area contributed by atoms with Gasteiger partial charge in [0.05, 0.1) is 4.92 Å². The molecule has 1 rings (SSSR count). The number of hydrogen-bond donors (Lipinski definition) is 3. The smallest absolute Gasteiger partial charge is 0.312 e. The van der Waals surface area contributed by atoms with Gasteiger partial charge in [-0.1, -0.05) is 6.07 Å². The van der Waals surface area contributed by atoms with Gasteiger partial charge in [-0.3, -0.25) is 10.1 Å². The first-order chi connectivity index (χ1) is 8.00. The SMILES string of the molecule is Cc1ccc(NCCNC(N)=O)c([N+](=O)[O-])c1. The number of nitrogens with zero attached hydrogens (tertiary/aromatic N) is 1. The molecule has 0 aliphatic rings. The quantitative estimate of drug-likeness (QED) is 0.403. The molecule has 1 aromatic rings. The topological polar surface area (TPSA) is 110 Å². The summed E-state index contributed by atoms with van der Waals surface area (Å²) < 4.78 is 0. The van der Waals surface area contributed by atoms with Crippen molar-refractivity contribution in [3.8, 4) is 0 Å². The largest absolute Gasteiger partial charge is 0.378 e. The van der Waals surface area contributed by atoms with E-state index in [1.807, 2.05) is 0 Å². The van der Waals surface area contributed by atoms with Gasteiger partial charge >= 0.3 is 6.03 Å². The zero-order chi connectivity index (χ0) is 12.8. The maximum atomic E-state index is 10.8. The molecule has 17 heavy (non-hydrogen) atoms. The molecule has 0 aliphatic carbocycles. The van der Waals surface area contributed by atoms with Crippen LogP contribution in [0.5, 0.6) is 0 Å². The average Bonchev–Trinajstić information content (AvgIpc) is 2.25. The average molecular weight is 238 g/mol. The maximum Gasteiger partial charge on any atom is 0.312 e. The second kappa shape index (κ2) is 5.69. The van der Waals surface area contributed by atoms with E-state index in [2.05, 4.69) is 10.6 Å². The molecule has 0 bridgehead atoms. The molecule has 0 spiro atoms. The van der Waals surface area contributed by atoms with Gasteiger partial charge in [-0.2, -0.15) is 0 Å². The van der Waals surface area contributed by atoms with Crippen LogP contribution in [-0.2, 0) is 0 Å². The zero-order valence-corrected chi connectivity index (χ0v) is 9.40. The van der Waals surface area contributed by atoms with E-state index in [4.69, 9.17) is 5.73 Å². The predicted octanol–water partition coefficient (Wildman–Crippen LogP) is 0.983. The van der Waals surface area contributed by atoms with Crippen LogP contribution in [0.25, 0.3) is 0 Å². The van der Waals surface area contributed by atoms with E-state index in [1.165, 1.54) is 6.07 Å². The third-order valence-corrected chi connectivity index (χ3v) is 2.09. The van der Waals surface area contributed by atoms with Gasteiger partial charge in [0.1, 0.15) is 5.69 Å². The summed E-state index contributed by atoms with van der Waals surface area (Å²) in [5.74, 6) is 0. The van der Waals surface area contributed by atoms with Crippen LogP contribution in [-0.4, -0.2) is 24.0 Å². The van der Waals surface area contributed by atoms with Crippen LogP contribution in [0, 0.1) is 17.0 Å². The number of anilines is 1. The first-order valence-electron chi connectivity index (χ1n) is 5.03. The van der Waals surface area contributed by atoms with Gasteiger partial charge in [-0.25, -0.2) is 4.79 Å². The summed E-state index contributed by atoms with van der Waals surface area (Å²) in [6.07, 6.45) is 0. The Labute approximate surface area is 98.1 Å². The number of aryl methyl sites for hydroxylation is 1. The highest BCUT2D eigenvalue weighted by Gasteiger charge is 2.12. The Bertz CT molecular complexity index is 434. The molecule has 2 amide bonds. The number of benzene rings is 1. The normalized spacial score (nSPS) is 9.71. The number of amides is 2. The summed E-state index contributed by atoms with van der Waals surface area (Å²) >= 11 is 0. The molecule has 0 saturated carbocycles. The number of hydrogen-bond acceptors (Lipinski definition) is 4. The lowest BCUT2D eigenvalue weighted by atomic mass is 10.2. The molecule has 0 aliphatic heterocycles. The predicted molar refractivity (Wildman–Crippen MR) is 63.9 cm³/mol. The highest BCUT2D eigenvalue weighted by Crippen LogP contribution is 2.24. The number of rotatable bonds is 5. The molecule has 7 heteroatoms. The van der Waals surface area contributed by atoms with E-state index in [0.29, 0.717) is 18.8 Å². The van der Waals surface area contributed by atoms with E-state index in [9.17, 15) is 14.9 Å². The van der Waals surface area contributed by atoms with Crippen LogP contribution in [0.2, 0.25) is 0 Å². The fourth-order valence-corrected chi connectivity index (χ4v) is 1.33. The minimum Gasteiger partial charge on any atom is -0.378 e. The number of nitrogens with two attached hydrogens (primary N) is 1. The van der Waals surface area contributed by atoms with Crippen LogP contribution < -0.4 is 16.4 Å². The standard InChI is InChI=1S/C10H14N4O3/c1-7-2-3-8(9(6-7)14(16)17)12-4-5-13-10(11)15/h2-3,6,12H,4-5H2,1H3,(H3,11,13,15). The monoisotopic (exact) mass is 238 g/mol. The van der Waals surface area contributed by atoms with Crippen LogP contribution in [0.3, 0.4) is 0 Å². The lowest BCUT2D eigenvalue weighted by molar-refractivity contribution is -0.384. The van der Waals surface area contributed by atoms with Gasteiger partial charge < -0.3 is 16.4 Å². The van der Waals surface area contributed by atoms with E-state index in [-0.39, 0.29) is 5.69 Å². The van der Waals surface area contributed by atoms with Gasteiger partial charge in [-0.15, -0.1) is 0 Å². The summed E-state index contributed by atoms with van der Waals surface area (Å²) in [6, 6.07) is 4.28. The maximum absolute atomic E-state index is 10.8. The summed E-state index contributed by atoms with van der Waals surface area (Å²) in [5.41, 5.74) is 6.14. The highest BCUT2D eigenvalue weighted by molar-refractivity contribution is 5.71. The van der Waals surface area contributed by atoms with Crippen molar-refractivity contribution < 1.29 is 9.72 Å². The Morgan fingerprint density at radius 3 is 2.76 bits per heavy atom. The summed E-state index contributed by atoms with van der Waals surface area (Å²) in [5, 5.41) is 16.0. The molecular formula is C10H14N4O3. The molecule has 0 radical (unpaired) electrons. The van der Waals surface area contributed by atoms with Gasteiger partial charge in [0, 0.05) is 19.2 Å². The van der Waals surface area contributed by atoms with Gasteiger partial charge in [0.25, 0.3) is 5.69 Å². The van der Waals surface area contributed by atoms with Crippen molar-refractivity contribution in [3.63, 3.8) is 0 Å². The van der Waals surface area contributed by atoms with Crippen LogP contribution in [0.1, 0.15) is 5.56 Å². The molecule has 4 N–H and O–H groups in total. The fraction of sp³-hybridized carbons (Fsp3) is 0.300. The van der Waals surface area contributed by atoms with Crippen LogP contribution in [0.15, 0.2) is 18.2 Å². The molecular weight excluding hydrogens is 224 g/mol. The summed E-state index contributed by atoms with van der Waals surface area (Å²) in [7, 11) is 0. The van der Waals surface area contributed by atoms with Gasteiger partial charge in [0.15, 0.2) is 0 Å². The third kappa shape index (κ3) is 3.98. The van der Waals surface area contributed by atoms with E-state index >= 15 is 0 Å². The number of nitrogens with one attached hydrogen (secondary N) is 2. The van der Waals surface area contributed by atoms with Crippen molar-refractivity contribution >= 4 is 17.4 Å². The lowest BCUT2D eigenvalue weighted by Crippen LogP contribution is -2.33.